The third-order valence-electron chi connectivity index (χ3n) is 2.01. The van der Waals surface area contributed by atoms with E-state index in [1.807, 2.05) is 0 Å². The van der Waals surface area contributed by atoms with Crippen LogP contribution < -0.4 is 5.32 Å². The number of rotatable bonds is 2. The highest BCUT2D eigenvalue weighted by Gasteiger charge is 2.18. The molecule has 0 aromatic carbocycles. The van der Waals surface area contributed by atoms with Crippen molar-refractivity contribution in [3.05, 3.63) is 10.4 Å². The molecular weight excluding hydrogens is 156 g/mol. The zero-order valence-corrected chi connectivity index (χ0v) is 6.86. The molecule has 1 aliphatic heterocycles. The number of azide groups is 1. The number of carbonyl (C=O) groups is 1. The molecule has 0 radical (unpaired) electrons. The molecule has 1 N–H and O–H groups in total. The van der Waals surface area contributed by atoms with E-state index in [2.05, 4.69) is 15.3 Å². The fourth-order valence-electron chi connectivity index (χ4n) is 1.31. The smallest absolute Gasteiger partial charge is 0.223 e. The summed E-state index contributed by atoms with van der Waals surface area (Å²) < 4.78 is 0. The maximum atomic E-state index is 11.2. The first kappa shape index (κ1) is 8.87. The maximum Gasteiger partial charge on any atom is 0.223 e. The lowest BCUT2D eigenvalue weighted by molar-refractivity contribution is -0.124. The highest BCUT2D eigenvalue weighted by atomic mass is 16.1. The van der Waals surface area contributed by atoms with Gasteiger partial charge in [0.25, 0.3) is 0 Å². The van der Waals surface area contributed by atoms with E-state index in [0.717, 1.165) is 25.8 Å². The summed E-state index contributed by atoms with van der Waals surface area (Å²) in [6, 6.07) is 0. The van der Waals surface area contributed by atoms with Gasteiger partial charge in [-0.3, -0.25) is 4.79 Å². The van der Waals surface area contributed by atoms with Crippen molar-refractivity contribution in [3.63, 3.8) is 0 Å². The predicted octanol–water partition coefficient (Wildman–Crippen LogP) is 1.21. The minimum absolute atomic E-state index is 0.0277. The van der Waals surface area contributed by atoms with Crippen LogP contribution in [0.2, 0.25) is 0 Å². The van der Waals surface area contributed by atoms with Gasteiger partial charge in [-0.25, -0.2) is 0 Å². The molecule has 66 valence electrons. The molecule has 1 atom stereocenters. The number of hydrogen-bond acceptors (Lipinski definition) is 2. The first-order valence-corrected chi connectivity index (χ1v) is 4.13. The van der Waals surface area contributed by atoms with Gasteiger partial charge in [-0.2, -0.15) is 0 Å². The van der Waals surface area contributed by atoms with E-state index in [1.54, 1.807) is 0 Å². The molecular formula is C7H12N4O. The summed E-state index contributed by atoms with van der Waals surface area (Å²) in [5.41, 5.74) is 8.08. The molecule has 1 fully saturated rings. The van der Waals surface area contributed by atoms with Gasteiger partial charge in [0.1, 0.15) is 0 Å². The van der Waals surface area contributed by atoms with E-state index in [9.17, 15) is 4.79 Å². The Labute approximate surface area is 70.8 Å². The Morgan fingerprint density at radius 1 is 1.67 bits per heavy atom. The SMILES string of the molecule is [N-]=[N+]=NCC1CCCCNC1=O. The van der Waals surface area contributed by atoms with Crippen molar-refractivity contribution < 1.29 is 4.79 Å². The third-order valence-corrected chi connectivity index (χ3v) is 2.01. The number of nitrogens with zero attached hydrogens (tertiary/aromatic N) is 3. The van der Waals surface area contributed by atoms with E-state index in [-0.39, 0.29) is 11.8 Å². The molecule has 5 nitrogen and oxygen atoms in total. The van der Waals surface area contributed by atoms with Crippen molar-refractivity contribution in [3.8, 4) is 0 Å². The van der Waals surface area contributed by atoms with Gasteiger partial charge in [0, 0.05) is 23.9 Å². The van der Waals surface area contributed by atoms with Crippen molar-refractivity contribution in [1.82, 2.24) is 5.32 Å². The maximum absolute atomic E-state index is 11.2. The second kappa shape index (κ2) is 4.62. The lowest BCUT2D eigenvalue weighted by Crippen LogP contribution is -2.30. The zero-order chi connectivity index (χ0) is 8.81. The normalized spacial score (nSPS) is 23.7. The Kier molecular flexibility index (Phi) is 3.41. The van der Waals surface area contributed by atoms with Gasteiger partial charge in [-0.15, -0.1) is 0 Å². The summed E-state index contributed by atoms with van der Waals surface area (Å²) in [5.74, 6) is -0.0803. The van der Waals surface area contributed by atoms with Crippen LogP contribution in [-0.2, 0) is 4.79 Å². The van der Waals surface area contributed by atoms with E-state index in [1.165, 1.54) is 0 Å². The Hall–Kier alpha value is -1.22. The first-order chi connectivity index (χ1) is 5.84. The van der Waals surface area contributed by atoms with Crippen LogP contribution in [0.5, 0.6) is 0 Å². The predicted molar refractivity (Wildman–Crippen MR) is 44.4 cm³/mol. The van der Waals surface area contributed by atoms with Crippen molar-refractivity contribution in [2.75, 3.05) is 13.1 Å². The lowest BCUT2D eigenvalue weighted by Gasteiger charge is -2.08. The molecule has 0 saturated carbocycles. The average Bonchev–Trinajstić information content (AvgIpc) is 2.27. The minimum Gasteiger partial charge on any atom is -0.356 e. The molecule has 1 heterocycles. The monoisotopic (exact) mass is 168 g/mol. The molecule has 1 rings (SSSR count). The van der Waals surface area contributed by atoms with Gasteiger partial charge in [0.05, 0.1) is 0 Å². The molecule has 1 unspecified atom stereocenters. The summed E-state index contributed by atoms with van der Waals surface area (Å²) in [7, 11) is 0. The Morgan fingerprint density at radius 2 is 2.50 bits per heavy atom. The van der Waals surface area contributed by atoms with E-state index in [4.69, 9.17) is 5.53 Å². The standard InChI is InChI=1S/C7H12N4O/c8-11-10-5-6-3-1-2-4-9-7(6)12/h6H,1-5H2,(H,9,12). The van der Waals surface area contributed by atoms with Crippen LogP contribution in [-0.4, -0.2) is 19.0 Å². The Morgan fingerprint density at radius 3 is 3.25 bits per heavy atom. The van der Waals surface area contributed by atoms with Crippen LogP contribution in [0, 0.1) is 5.92 Å². The van der Waals surface area contributed by atoms with Crippen LogP contribution in [0.15, 0.2) is 5.11 Å². The summed E-state index contributed by atoms with van der Waals surface area (Å²) in [6.07, 6.45) is 2.90. The molecule has 5 heteroatoms. The van der Waals surface area contributed by atoms with Gasteiger partial charge in [-0.05, 0) is 18.4 Å². The van der Waals surface area contributed by atoms with Crippen molar-refractivity contribution in [1.29, 1.82) is 0 Å². The average molecular weight is 168 g/mol. The van der Waals surface area contributed by atoms with E-state index < -0.39 is 0 Å². The molecule has 12 heavy (non-hydrogen) atoms. The summed E-state index contributed by atoms with van der Waals surface area (Å²) in [5, 5.41) is 6.19. The third kappa shape index (κ3) is 2.43. The van der Waals surface area contributed by atoms with E-state index in [0.29, 0.717) is 6.54 Å². The van der Waals surface area contributed by atoms with Gasteiger partial charge in [-0.1, -0.05) is 11.5 Å². The molecule has 1 aliphatic rings. The molecule has 1 saturated heterocycles. The molecule has 1 amide bonds. The van der Waals surface area contributed by atoms with Crippen LogP contribution in [0.3, 0.4) is 0 Å². The topological polar surface area (TPSA) is 77.9 Å². The highest BCUT2D eigenvalue weighted by molar-refractivity contribution is 5.79. The Balaban J connectivity index is 2.47. The Bertz CT molecular complexity index is 209. The summed E-state index contributed by atoms with van der Waals surface area (Å²) >= 11 is 0. The number of carbonyl (C=O) groups excluding carboxylic acids is 1. The van der Waals surface area contributed by atoms with Gasteiger partial charge in [0.2, 0.25) is 5.91 Å². The first-order valence-electron chi connectivity index (χ1n) is 4.13. The van der Waals surface area contributed by atoms with Gasteiger partial charge in [0.15, 0.2) is 0 Å². The molecule has 0 aromatic heterocycles. The minimum atomic E-state index is -0.108. The van der Waals surface area contributed by atoms with Gasteiger partial charge >= 0.3 is 0 Å². The quantitative estimate of drug-likeness (QED) is 0.375. The lowest BCUT2D eigenvalue weighted by atomic mass is 10.0. The molecule has 0 spiro atoms. The van der Waals surface area contributed by atoms with Crippen molar-refractivity contribution in [2.24, 2.45) is 11.0 Å². The zero-order valence-electron chi connectivity index (χ0n) is 6.86. The number of nitrogens with one attached hydrogen (secondary N) is 1. The highest BCUT2D eigenvalue weighted by Crippen LogP contribution is 2.12. The fraction of sp³-hybridized carbons (Fsp3) is 0.857. The van der Waals surface area contributed by atoms with Crippen LogP contribution in [0.4, 0.5) is 0 Å². The molecule has 0 aromatic rings. The van der Waals surface area contributed by atoms with Crippen molar-refractivity contribution in [2.45, 2.75) is 19.3 Å². The molecule has 0 bridgehead atoms. The van der Waals surface area contributed by atoms with Crippen LogP contribution in [0.25, 0.3) is 10.4 Å². The van der Waals surface area contributed by atoms with Crippen LogP contribution in [0.1, 0.15) is 19.3 Å². The van der Waals surface area contributed by atoms with Gasteiger partial charge < -0.3 is 5.32 Å². The summed E-state index contributed by atoms with van der Waals surface area (Å²) in [6.45, 7) is 1.05. The second-order valence-corrected chi connectivity index (χ2v) is 2.90. The fourth-order valence-corrected chi connectivity index (χ4v) is 1.31. The molecule has 0 aliphatic carbocycles. The van der Waals surface area contributed by atoms with Crippen molar-refractivity contribution >= 4 is 5.91 Å². The van der Waals surface area contributed by atoms with Crippen LogP contribution >= 0.6 is 0 Å². The number of hydrogen-bond donors (Lipinski definition) is 1. The summed E-state index contributed by atoms with van der Waals surface area (Å²) in [4.78, 5) is 13.9. The number of amides is 1. The largest absolute Gasteiger partial charge is 0.356 e. The second-order valence-electron chi connectivity index (χ2n) is 2.90. The van der Waals surface area contributed by atoms with E-state index >= 15 is 0 Å².